The third-order valence-electron chi connectivity index (χ3n) is 2.08. The SMILES string of the molecule is C=C(Cl)/N=C(/c1ccco1)c1cccnc1N. The molecular weight excluding hydrogens is 238 g/mol. The molecule has 86 valence electrons. The van der Waals surface area contributed by atoms with Crippen LogP contribution in [0.3, 0.4) is 0 Å². The summed E-state index contributed by atoms with van der Waals surface area (Å²) >= 11 is 5.71. The smallest absolute Gasteiger partial charge is 0.153 e. The molecule has 0 aliphatic carbocycles. The molecule has 0 atom stereocenters. The van der Waals surface area contributed by atoms with E-state index >= 15 is 0 Å². The van der Waals surface area contributed by atoms with Crippen molar-refractivity contribution in [3.8, 4) is 0 Å². The Morgan fingerprint density at radius 3 is 2.82 bits per heavy atom. The first kappa shape index (κ1) is 11.4. The third kappa shape index (κ3) is 2.54. The highest BCUT2D eigenvalue weighted by Gasteiger charge is 2.13. The zero-order valence-corrected chi connectivity index (χ0v) is 9.69. The number of hydrogen-bond acceptors (Lipinski definition) is 4. The second kappa shape index (κ2) is 4.84. The molecule has 0 fully saturated rings. The fourth-order valence-electron chi connectivity index (χ4n) is 1.40. The van der Waals surface area contributed by atoms with Crippen molar-refractivity contribution in [2.45, 2.75) is 0 Å². The highest BCUT2D eigenvalue weighted by atomic mass is 35.5. The Hall–Kier alpha value is -2.07. The normalized spacial score (nSPS) is 11.5. The third-order valence-corrected chi connectivity index (χ3v) is 2.17. The van der Waals surface area contributed by atoms with Gasteiger partial charge in [0.2, 0.25) is 0 Å². The van der Waals surface area contributed by atoms with Gasteiger partial charge in [-0.2, -0.15) is 0 Å². The molecule has 0 aliphatic heterocycles. The number of nitrogen functional groups attached to an aromatic ring is 1. The Morgan fingerprint density at radius 2 is 2.24 bits per heavy atom. The molecule has 0 aromatic carbocycles. The monoisotopic (exact) mass is 247 g/mol. The lowest BCUT2D eigenvalue weighted by Gasteiger charge is -2.05. The van der Waals surface area contributed by atoms with Gasteiger partial charge >= 0.3 is 0 Å². The van der Waals surface area contributed by atoms with E-state index in [0.29, 0.717) is 22.9 Å². The number of anilines is 1. The molecule has 0 aliphatic rings. The largest absolute Gasteiger partial charge is 0.463 e. The second-order valence-electron chi connectivity index (χ2n) is 3.25. The first-order valence-corrected chi connectivity index (χ1v) is 5.24. The molecule has 2 heterocycles. The molecule has 0 saturated carbocycles. The van der Waals surface area contributed by atoms with Gasteiger partial charge in [-0.25, -0.2) is 9.98 Å². The Balaban J connectivity index is 2.57. The van der Waals surface area contributed by atoms with Gasteiger partial charge in [0.1, 0.15) is 16.7 Å². The van der Waals surface area contributed by atoms with E-state index in [-0.39, 0.29) is 5.16 Å². The number of furan rings is 1. The molecular formula is C12H10ClN3O. The lowest BCUT2D eigenvalue weighted by atomic mass is 10.1. The summed E-state index contributed by atoms with van der Waals surface area (Å²) in [7, 11) is 0. The van der Waals surface area contributed by atoms with Crippen LogP contribution >= 0.6 is 11.6 Å². The second-order valence-corrected chi connectivity index (χ2v) is 3.69. The van der Waals surface area contributed by atoms with Crippen molar-refractivity contribution in [2.24, 2.45) is 4.99 Å². The molecule has 2 N–H and O–H groups in total. The van der Waals surface area contributed by atoms with E-state index in [4.69, 9.17) is 21.8 Å². The predicted molar refractivity (Wildman–Crippen MR) is 68.0 cm³/mol. The van der Waals surface area contributed by atoms with Crippen LogP contribution in [-0.4, -0.2) is 10.7 Å². The van der Waals surface area contributed by atoms with Gasteiger partial charge in [-0.05, 0) is 24.3 Å². The molecule has 2 rings (SSSR count). The number of hydrogen-bond donors (Lipinski definition) is 1. The van der Waals surface area contributed by atoms with Gasteiger partial charge in [-0.3, -0.25) is 0 Å². The summed E-state index contributed by atoms with van der Waals surface area (Å²) in [6.07, 6.45) is 3.16. The first-order chi connectivity index (χ1) is 8.18. The van der Waals surface area contributed by atoms with Crippen LogP contribution in [0.2, 0.25) is 0 Å². The molecule has 0 saturated heterocycles. The van der Waals surface area contributed by atoms with Gasteiger partial charge in [0.15, 0.2) is 5.76 Å². The van der Waals surface area contributed by atoms with Gasteiger partial charge in [0.25, 0.3) is 0 Å². The fourth-order valence-corrected chi connectivity index (χ4v) is 1.48. The van der Waals surface area contributed by atoms with Crippen LogP contribution in [0.25, 0.3) is 0 Å². The Kier molecular flexibility index (Phi) is 3.25. The molecule has 2 aromatic heterocycles. The minimum Gasteiger partial charge on any atom is -0.463 e. The maximum absolute atomic E-state index is 5.80. The number of nitrogens with two attached hydrogens (primary N) is 1. The molecule has 0 spiro atoms. The molecule has 0 radical (unpaired) electrons. The van der Waals surface area contributed by atoms with Crippen LogP contribution < -0.4 is 5.73 Å². The number of halogens is 1. The van der Waals surface area contributed by atoms with Crippen molar-refractivity contribution in [3.63, 3.8) is 0 Å². The van der Waals surface area contributed by atoms with E-state index < -0.39 is 0 Å². The minimum atomic E-state index is 0.152. The molecule has 0 unspecified atom stereocenters. The zero-order chi connectivity index (χ0) is 12.3. The van der Waals surface area contributed by atoms with E-state index in [0.717, 1.165) is 0 Å². The van der Waals surface area contributed by atoms with Gasteiger partial charge in [-0.1, -0.05) is 18.2 Å². The summed E-state index contributed by atoms with van der Waals surface area (Å²) in [5, 5.41) is 0.152. The van der Waals surface area contributed by atoms with Crippen LogP contribution in [0.1, 0.15) is 11.3 Å². The lowest BCUT2D eigenvalue weighted by molar-refractivity contribution is 0.558. The summed E-state index contributed by atoms with van der Waals surface area (Å²) in [4.78, 5) is 8.12. The van der Waals surface area contributed by atoms with E-state index in [1.807, 2.05) is 0 Å². The predicted octanol–water partition coefficient (Wildman–Crippen LogP) is 2.80. The van der Waals surface area contributed by atoms with Crippen molar-refractivity contribution in [1.29, 1.82) is 0 Å². The maximum atomic E-state index is 5.80. The van der Waals surface area contributed by atoms with Gasteiger partial charge < -0.3 is 10.2 Å². The number of aromatic nitrogens is 1. The van der Waals surface area contributed by atoms with Crippen molar-refractivity contribution in [3.05, 3.63) is 59.8 Å². The number of nitrogens with zero attached hydrogens (tertiary/aromatic N) is 2. The average Bonchev–Trinajstić information content (AvgIpc) is 2.80. The Bertz CT molecular complexity index is 561. The van der Waals surface area contributed by atoms with E-state index in [2.05, 4.69) is 16.6 Å². The highest BCUT2D eigenvalue weighted by molar-refractivity contribution is 6.30. The molecule has 5 heteroatoms. The van der Waals surface area contributed by atoms with E-state index in [9.17, 15) is 0 Å². The van der Waals surface area contributed by atoms with Crippen molar-refractivity contribution >= 4 is 23.1 Å². The number of aliphatic imine (C=N–C) groups is 1. The molecule has 17 heavy (non-hydrogen) atoms. The van der Waals surface area contributed by atoms with Crippen LogP contribution in [-0.2, 0) is 0 Å². The standard InChI is InChI=1S/C12H10ClN3O/c1-8(13)16-11(10-5-3-7-17-10)9-4-2-6-15-12(9)14/h2-7H,1H2,(H2,14,15)/b16-11+. The molecule has 4 nitrogen and oxygen atoms in total. The molecule has 0 amide bonds. The van der Waals surface area contributed by atoms with Crippen LogP contribution in [0, 0.1) is 0 Å². The number of rotatable bonds is 3. The Labute approximate surface area is 103 Å². The summed E-state index contributed by atoms with van der Waals surface area (Å²) < 4.78 is 5.29. The van der Waals surface area contributed by atoms with Crippen LogP contribution in [0.4, 0.5) is 5.82 Å². The van der Waals surface area contributed by atoms with Crippen LogP contribution in [0.15, 0.2) is 57.9 Å². The Morgan fingerprint density at radius 1 is 1.41 bits per heavy atom. The quantitative estimate of drug-likeness (QED) is 0.670. The summed E-state index contributed by atoms with van der Waals surface area (Å²) in [5.74, 6) is 0.923. The zero-order valence-electron chi connectivity index (χ0n) is 8.93. The molecule has 2 aromatic rings. The van der Waals surface area contributed by atoms with Crippen molar-refractivity contribution in [2.75, 3.05) is 5.73 Å². The summed E-state index contributed by atoms with van der Waals surface area (Å²) in [6, 6.07) is 7.09. The topological polar surface area (TPSA) is 64.4 Å². The number of pyridine rings is 1. The van der Waals surface area contributed by atoms with Crippen LogP contribution in [0.5, 0.6) is 0 Å². The van der Waals surface area contributed by atoms with Gasteiger partial charge in [0.05, 0.1) is 6.26 Å². The van der Waals surface area contributed by atoms with E-state index in [1.54, 1.807) is 36.7 Å². The summed E-state index contributed by atoms with van der Waals surface area (Å²) in [6.45, 7) is 3.54. The lowest BCUT2D eigenvalue weighted by Crippen LogP contribution is -2.07. The molecule has 0 bridgehead atoms. The minimum absolute atomic E-state index is 0.152. The van der Waals surface area contributed by atoms with Gasteiger partial charge in [-0.15, -0.1) is 0 Å². The van der Waals surface area contributed by atoms with Crippen molar-refractivity contribution in [1.82, 2.24) is 4.98 Å². The highest BCUT2D eigenvalue weighted by Crippen LogP contribution is 2.18. The summed E-state index contributed by atoms with van der Waals surface area (Å²) in [5.41, 5.74) is 6.97. The maximum Gasteiger partial charge on any atom is 0.153 e. The van der Waals surface area contributed by atoms with Crippen molar-refractivity contribution < 1.29 is 4.42 Å². The van der Waals surface area contributed by atoms with Gasteiger partial charge in [0, 0.05) is 11.8 Å². The fraction of sp³-hybridized carbons (Fsp3) is 0. The first-order valence-electron chi connectivity index (χ1n) is 4.86. The van der Waals surface area contributed by atoms with E-state index in [1.165, 1.54) is 0 Å². The average molecular weight is 248 g/mol.